The van der Waals surface area contributed by atoms with Gasteiger partial charge in [0.1, 0.15) is 12.4 Å². The number of ether oxygens (including phenoxy) is 1. The van der Waals surface area contributed by atoms with Crippen molar-refractivity contribution in [3.8, 4) is 5.75 Å². The first-order chi connectivity index (χ1) is 14.0. The Labute approximate surface area is 174 Å². The van der Waals surface area contributed by atoms with Crippen LogP contribution in [0.25, 0.3) is 6.08 Å². The van der Waals surface area contributed by atoms with Gasteiger partial charge in [-0.3, -0.25) is 14.9 Å². The summed E-state index contributed by atoms with van der Waals surface area (Å²) in [5.41, 5.74) is 1.77. The maximum Gasteiger partial charge on any atom is 0.244 e. The number of aromatic amines is 1. The Bertz CT molecular complexity index is 1020. The Hall–Kier alpha value is -3.26. The van der Waals surface area contributed by atoms with Crippen LogP contribution in [0.5, 0.6) is 5.75 Å². The number of hydrogen-bond acceptors (Lipinski definition) is 5. The lowest BCUT2D eigenvalue weighted by Crippen LogP contribution is -2.23. The predicted octanol–water partition coefficient (Wildman–Crippen LogP) is 3.83. The average molecular weight is 410 g/mol. The van der Waals surface area contributed by atoms with Crippen LogP contribution in [0, 0.1) is 4.77 Å². The lowest BCUT2D eigenvalue weighted by atomic mass is 10.2. The van der Waals surface area contributed by atoms with Crippen LogP contribution in [0.15, 0.2) is 54.7 Å². The second-order valence-electron chi connectivity index (χ2n) is 6.64. The largest absolute Gasteiger partial charge is 0.487 e. The molecule has 7 nitrogen and oxygen atoms in total. The van der Waals surface area contributed by atoms with Gasteiger partial charge in [-0.05, 0) is 62.0 Å². The van der Waals surface area contributed by atoms with Crippen LogP contribution in [-0.4, -0.2) is 25.7 Å². The maximum absolute atomic E-state index is 12.1. The summed E-state index contributed by atoms with van der Waals surface area (Å²) >= 11 is 5.21. The molecule has 1 aromatic carbocycles. The van der Waals surface area contributed by atoms with Crippen molar-refractivity contribution >= 4 is 24.2 Å². The normalized spacial score (nSPS) is 11.1. The van der Waals surface area contributed by atoms with Gasteiger partial charge in [0.25, 0.3) is 0 Å². The van der Waals surface area contributed by atoms with E-state index in [1.165, 1.54) is 6.08 Å². The fraction of sp³-hybridized carbons (Fsp3) is 0.238. The molecule has 1 amide bonds. The highest BCUT2D eigenvalue weighted by Gasteiger charge is 2.09. The zero-order valence-electron chi connectivity index (χ0n) is 16.3. The van der Waals surface area contributed by atoms with Gasteiger partial charge in [-0.2, -0.15) is 5.10 Å². The molecular weight excluding hydrogens is 386 g/mol. The van der Waals surface area contributed by atoms with Crippen LogP contribution < -0.4 is 10.1 Å². The fourth-order valence-electron chi connectivity index (χ4n) is 2.71. The molecule has 2 aromatic heterocycles. The number of pyridine rings is 1. The number of carbonyl (C=O) groups excluding carboxylic acids is 1. The number of amides is 1. The zero-order valence-corrected chi connectivity index (χ0v) is 17.1. The Kier molecular flexibility index (Phi) is 6.91. The van der Waals surface area contributed by atoms with Gasteiger partial charge in [0.2, 0.25) is 5.91 Å². The topological polar surface area (TPSA) is 84.8 Å². The Morgan fingerprint density at radius 2 is 2.07 bits per heavy atom. The summed E-state index contributed by atoms with van der Waals surface area (Å²) in [6, 6.07) is 13.4. The molecule has 3 rings (SSSR count). The number of rotatable bonds is 8. The van der Waals surface area contributed by atoms with Crippen molar-refractivity contribution in [2.24, 2.45) is 0 Å². The van der Waals surface area contributed by atoms with E-state index in [0.717, 1.165) is 17.0 Å². The molecule has 0 atom stereocenters. The van der Waals surface area contributed by atoms with Gasteiger partial charge in [0.15, 0.2) is 10.6 Å². The van der Waals surface area contributed by atoms with Crippen molar-refractivity contribution < 1.29 is 9.53 Å². The van der Waals surface area contributed by atoms with Gasteiger partial charge in [-0.15, -0.1) is 0 Å². The Morgan fingerprint density at radius 1 is 1.28 bits per heavy atom. The van der Waals surface area contributed by atoms with E-state index in [-0.39, 0.29) is 11.9 Å². The minimum absolute atomic E-state index is 0.169. The third-order valence-corrected chi connectivity index (χ3v) is 4.42. The number of carbonyl (C=O) groups is 1. The molecule has 0 bridgehead atoms. The molecule has 0 saturated carbocycles. The summed E-state index contributed by atoms with van der Waals surface area (Å²) in [6.07, 6.45) is 4.98. The van der Waals surface area contributed by atoms with E-state index in [4.69, 9.17) is 17.0 Å². The van der Waals surface area contributed by atoms with Gasteiger partial charge in [0, 0.05) is 18.3 Å². The molecule has 29 heavy (non-hydrogen) atoms. The molecule has 0 aliphatic rings. The first-order valence-corrected chi connectivity index (χ1v) is 9.68. The molecule has 3 aromatic rings. The number of aromatic nitrogens is 4. The third kappa shape index (κ3) is 5.86. The summed E-state index contributed by atoms with van der Waals surface area (Å²) in [6.45, 7) is 4.74. The van der Waals surface area contributed by atoms with E-state index in [2.05, 4.69) is 20.5 Å². The van der Waals surface area contributed by atoms with Gasteiger partial charge in [-0.25, -0.2) is 0 Å². The number of nitrogens with zero attached hydrogens (tertiary/aromatic N) is 3. The van der Waals surface area contributed by atoms with Crippen molar-refractivity contribution in [2.75, 3.05) is 0 Å². The summed E-state index contributed by atoms with van der Waals surface area (Å²) in [5.74, 6) is 1.24. The van der Waals surface area contributed by atoms with E-state index in [0.29, 0.717) is 23.7 Å². The van der Waals surface area contributed by atoms with Crippen LogP contribution in [0.2, 0.25) is 0 Å². The molecule has 0 spiro atoms. The van der Waals surface area contributed by atoms with E-state index in [1.807, 2.05) is 60.9 Å². The SMILES string of the molecule is CC(C)n1c(CNC(=O)C=Cc2ccc(OCc3ccccn3)cc2)n[nH]c1=S. The highest BCUT2D eigenvalue weighted by atomic mass is 32.1. The Balaban J connectivity index is 1.50. The zero-order chi connectivity index (χ0) is 20.6. The van der Waals surface area contributed by atoms with Gasteiger partial charge in [-0.1, -0.05) is 18.2 Å². The molecule has 8 heteroatoms. The van der Waals surface area contributed by atoms with Gasteiger partial charge < -0.3 is 14.6 Å². The molecule has 0 saturated heterocycles. The second kappa shape index (κ2) is 9.79. The molecule has 2 N–H and O–H groups in total. The van der Waals surface area contributed by atoms with Crippen molar-refractivity contribution in [1.29, 1.82) is 0 Å². The summed E-state index contributed by atoms with van der Waals surface area (Å²) in [5, 5.41) is 9.74. The minimum Gasteiger partial charge on any atom is -0.487 e. The van der Waals surface area contributed by atoms with Gasteiger partial charge in [0.05, 0.1) is 12.2 Å². The molecule has 0 radical (unpaired) electrons. The summed E-state index contributed by atoms with van der Waals surface area (Å²) in [7, 11) is 0. The highest BCUT2D eigenvalue weighted by Crippen LogP contribution is 2.14. The van der Waals surface area contributed by atoms with E-state index in [1.54, 1.807) is 12.3 Å². The average Bonchev–Trinajstić information content (AvgIpc) is 3.11. The summed E-state index contributed by atoms with van der Waals surface area (Å²) in [4.78, 5) is 16.3. The molecule has 2 heterocycles. The fourth-order valence-corrected chi connectivity index (χ4v) is 3.07. The Morgan fingerprint density at radius 3 is 2.76 bits per heavy atom. The summed E-state index contributed by atoms with van der Waals surface area (Å²) < 4.78 is 8.13. The monoisotopic (exact) mass is 409 g/mol. The minimum atomic E-state index is -0.204. The number of benzene rings is 1. The maximum atomic E-state index is 12.1. The third-order valence-electron chi connectivity index (χ3n) is 4.13. The van der Waals surface area contributed by atoms with Crippen LogP contribution in [0.4, 0.5) is 0 Å². The van der Waals surface area contributed by atoms with Crippen LogP contribution in [-0.2, 0) is 17.9 Å². The first-order valence-electron chi connectivity index (χ1n) is 9.27. The number of nitrogens with one attached hydrogen (secondary N) is 2. The van der Waals surface area contributed by atoms with E-state index in [9.17, 15) is 4.79 Å². The number of H-pyrrole nitrogens is 1. The smallest absolute Gasteiger partial charge is 0.244 e. The lowest BCUT2D eigenvalue weighted by molar-refractivity contribution is -0.116. The highest BCUT2D eigenvalue weighted by molar-refractivity contribution is 7.71. The van der Waals surface area contributed by atoms with Crippen molar-refractivity contribution in [3.63, 3.8) is 0 Å². The molecule has 0 fully saturated rings. The van der Waals surface area contributed by atoms with Crippen molar-refractivity contribution in [1.82, 2.24) is 25.1 Å². The van der Waals surface area contributed by atoms with E-state index < -0.39 is 0 Å². The second-order valence-corrected chi connectivity index (χ2v) is 7.03. The van der Waals surface area contributed by atoms with Crippen LogP contribution >= 0.6 is 12.2 Å². The predicted molar refractivity (Wildman–Crippen MR) is 114 cm³/mol. The molecular formula is C21H23N5O2S. The van der Waals surface area contributed by atoms with Crippen LogP contribution in [0.1, 0.15) is 37.0 Å². The molecule has 0 aliphatic heterocycles. The van der Waals surface area contributed by atoms with Crippen molar-refractivity contribution in [3.05, 3.63) is 76.6 Å². The quantitative estimate of drug-likeness (QED) is 0.436. The van der Waals surface area contributed by atoms with Gasteiger partial charge >= 0.3 is 0 Å². The van der Waals surface area contributed by atoms with E-state index >= 15 is 0 Å². The van der Waals surface area contributed by atoms with Crippen LogP contribution in [0.3, 0.4) is 0 Å². The standard InChI is InChI=1S/C21H23N5O2S/c1-15(2)26-19(24-25-21(26)29)13-23-20(27)11-8-16-6-9-18(10-7-16)28-14-17-5-3-4-12-22-17/h3-12,15H,13-14H2,1-2H3,(H,23,27)(H,25,29). The molecule has 150 valence electrons. The van der Waals surface area contributed by atoms with Crippen molar-refractivity contribution in [2.45, 2.75) is 33.0 Å². The first kappa shape index (κ1) is 20.5. The lowest BCUT2D eigenvalue weighted by Gasteiger charge is -2.10. The molecule has 0 unspecified atom stereocenters. The number of hydrogen-bond donors (Lipinski definition) is 2. The molecule has 0 aliphatic carbocycles.